The number of hydrogen-bond donors (Lipinski definition) is 1. The quantitative estimate of drug-likeness (QED) is 0.903. The zero-order chi connectivity index (χ0) is 11.5. The van der Waals surface area contributed by atoms with Crippen LogP contribution in [0, 0.1) is 0 Å². The summed E-state index contributed by atoms with van der Waals surface area (Å²) < 4.78 is 0.892. The Morgan fingerprint density at radius 3 is 2.38 bits per heavy atom. The van der Waals surface area contributed by atoms with E-state index in [-0.39, 0.29) is 6.10 Å². The monoisotopic (exact) mass is 285 g/mol. The van der Waals surface area contributed by atoms with Crippen LogP contribution in [0.15, 0.2) is 16.9 Å². The summed E-state index contributed by atoms with van der Waals surface area (Å²) in [6.45, 7) is 0. The van der Waals surface area contributed by atoms with E-state index in [0.29, 0.717) is 6.04 Å². The van der Waals surface area contributed by atoms with Gasteiger partial charge < -0.3 is 10.0 Å². The normalized spacial score (nSPS) is 25.4. The Balaban J connectivity index is 2.01. The van der Waals surface area contributed by atoms with Crippen molar-refractivity contribution in [2.45, 2.75) is 37.8 Å². The number of rotatable bonds is 2. The molecular weight excluding hydrogens is 270 g/mol. The van der Waals surface area contributed by atoms with E-state index in [2.05, 4.69) is 30.8 Å². The maximum atomic E-state index is 9.46. The first-order chi connectivity index (χ1) is 7.66. The molecule has 2 rings (SSSR count). The van der Waals surface area contributed by atoms with Crippen LogP contribution in [0.2, 0.25) is 0 Å². The summed E-state index contributed by atoms with van der Waals surface area (Å²) in [6.07, 6.45) is 7.19. The van der Waals surface area contributed by atoms with Gasteiger partial charge in [0.2, 0.25) is 5.95 Å². The lowest BCUT2D eigenvalue weighted by molar-refractivity contribution is 0.122. The molecular formula is C11H16BrN3O. The molecule has 88 valence electrons. The lowest BCUT2D eigenvalue weighted by Crippen LogP contribution is -2.37. The van der Waals surface area contributed by atoms with Gasteiger partial charge in [-0.2, -0.15) is 0 Å². The van der Waals surface area contributed by atoms with Gasteiger partial charge in [0.25, 0.3) is 0 Å². The van der Waals surface area contributed by atoms with E-state index in [0.717, 1.165) is 36.1 Å². The average molecular weight is 286 g/mol. The third-order valence-electron chi connectivity index (χ3n) is 3.14. The second-order valence-corrected chi connectivity index (χ2v) is 5.19. The zero-order valence-electron chi connectivity index (χ0n) is 9.30. The highest BCUT2D eigenvalue weighted by Crippen LogP contribution is 2.24. The van der Waals surface area contributed by atoms with Crippen molar-refractivity contribution < 1.29 is 5.11 Å². The second kappa shape index (κ2) is 5.10. The number of aliphatic hydroxyl groups excluding tert-OH is 1. The summed E-state index contributed by atoms with van der Waals surface area (Å²) in [6, 6.07) is 0.449. The topological polar surface area (TPSA) is 49.2 Å². The van der Waals surface area contributed by atoms with Crippen molar-refractivity contribution in [1.82, 2.24) is 9.97 Å². The number of halogens is 1. The Labute approximate surface area is 104 Å². The first-order valence-corrected chi connectivity index (χ1v) is 6.34. The minimum atomic E-state index is -0.115. The Bertz CT molecular complexity index is 336. The molecule has 4 nitrogen and oxygen atoms in total. The molecule has 5 heteroatoms. The van der Waals surface area contributed by atoms with Crippen LogP contribution >= 0.6 is 15.9 Å². The van der Waals surface area contributed by atoms with E-state index >= 15 is 0 Å². The van der Waals surface area contributed by atoms with Gasteiger partial charge in [0.05, 0.1) is 10.6 Å². The SMILES string of the molecule is CN(c1ncc(Br)cn1)[C@H]1CC[C@H](O)CC1. The molecule has 0 aliphatic heterocycles. The highest BCUT2D eigenvalue weighted by Gasteiger charge is 2.23. The van der Waals surface area contributed by atoms with E-state index in [4.69, 9.17) is 0 Å². The molecule has 0 spiro atoms. The molecule has 0 saturated heterocycles. The molecule has 1 aromatic rings. The molecule has 0 aromatic carbocycles. The largest absolute Gasteiger partial charge is 0.393 e. The van der Waals surface area contributed by atoms with Crippen LogP contribution in [0.3, 0.4) is 0 Å². The summed E-state index contributed by atoms with van der Waals surface area (Å²) in [4.78, 5) is 10.7. The number of anilines is 1. The lowest BCUT2D eigenvalue weighted by atomic mass is 9.92. The molecule has 1 saturated carbocycles. The van der Waals surface area contributed by atoms with Crippen LogP contribution in [-0.4, -0.2) is 34.3 Å². The molecule has 0 atom stereocenters. The standard InChI is InChI=1S/C11H16BrN3O/c1-15(9-2-4-10(16)5-3-9)11-13-6-8(12)7-14-11/h6-7,9-10,16H,2-5H2,1H3/t9-,10-. The predicted molar refractivity (Wildman–Crippen MR) is 66.4 cm³/mol. The van der Waals surface area contributed by atoms with Crippen molar-refractivity contribution in [3.05, 3.63) is 16.9 Å². The van der Waals surface area contributed by atoms with E-state index in [1.54, 1.807) is 12.4 Å². The van der Waals surface area contributed by atoms with E-state index in [1.165, 1.54) is 0 Å². The fourth-order valence-corrected chi connectivity index (χ4v) is 2.30. The Morgan fingerprint density at radius 1 is 1.25 bits per heavy atom. The smallest absolute Gasteiger partial charge is 0.225 e. The summed E-state index contributed by atoms with van der Waals surface area (Å²) >= 11 is 3.32. The van der Waals surface area contributed by atoms with Crippen LogP contribution in [0.1, 0.15) is 25.7 Å². The van der Waals surface area contributed by atoms with Gasteiger partial charge in [-0.1, -0.05) is 0 Å². The molecule has 16 heavy (non-hydrogen) atoms. The van der Waals surface area contributed by atoms with Gasteiger partial charge in [-0.25, -0.2) is 9.97 Å². The minimum Gasteiger partial charge on any atom is -0.393 e. The molecule has 1 aliphatic carbocycles. The van der Waals surface area contributed by atoms with Gasteiger partial charge in [-0.05, 0) is 41.6 Å². The van der Waals surface area contributed by atoms with Gasteiger partial charge in [-0.15, -0.1) is 0 Å². The average Bonchev–Trinajstić information content (AvgIpc) is 2.30. The third kappa shape index (κ3) is 2.71. The predicted octanol–water partition coefficient (Wildman–Crippen LogP) is 1.98. The number of aromatic nitrogens is 2. The Morgan fingerprint density at radius 2 is 1.81 bits per heavy atom. The molecule has 1 aliphatic rings. The highest BCUT2D eigenvalue weighted by atomic mass is 79.9. The van der Waals surface area contributed by atoms with E-state index < -0.39 is 0 Å². The minimum absolute atomic E-state index is 0.115. The third-order valence-corrected chi connectivity index (χ3v) is 3.55. The summed E-state index contributed by atoms with van der Waals surface area (Å²) in [5, 5.41) is 9.46. The number of hydrogen-bond acceptors (Lipinski definition) is 4. The number of nitrogens with zero attached hydrogens (tertiary/aromatic N) is 3. The summed E-state index contributed by atoms with van der Waals surface area (Å²) in [5.74, 6) is 0.754. The van der Waals surface area contributed by atoms with E-state index in [1.807, 2.05) is 7.05 Å². The van der Waals surface area contributed by atoms with Crippen molar-refractivity contribution in [2.75, 3.05) is 11.9 Å². The van der Waals surface area contributed by atoms with Crippen molar-refractivity contribution in [2.24, 2.45) is 0 Å². The molecule has 0 unspecified atom stereocenters. The highest BCUT2D eigenvalue weighted by molar-refractivity contribution is 9.10. The van der Waals surface area contributed by atoms with Gasteiger partial charge >= 0.3 is 0 Å². The molecule has 1 N–H and O–H groups in total. The molecule has 1 fully saturated rings. The van der Waals surface area contributed by atoms with Gasteiger partial charge in [0.1, 0.15) is 0 Å². The maximum absolute atomic E-state index is 9.46. The van der Waals surface area contributed by atoms with E-state index in [9.17, 15) is 5.11 Å². The molecule has 0 amide bonds. The van der Waals surface area contributed by atoms with Crippen LogP contribution in [0.25, 0.3) is 0 Å². The lowest BCUT2D eigenvalue weighted by Gasteiger charge is -2.32. The fraction of sp³-hybridized carbons (Fsp3) is 0.636. The van der Waals surface area contributed by atoms with Crippen LogP contribution < -0.4 is 4.90 Å². The Hall–Kier alpha value is -0.680. The second-order valence-electron chi connectivity index (χ2n) is 4.27. The van der Waals surface area contributed by atoms with Crippen molar-refractivity contribution >= 4 is 21.9 Å². The molecule has 0 radical (unpaired) electrons. The van der Waals surface area contributed by atoms with Crippen LogP contribution in [0.4, 0.5) is 5.95 Å². The molecule has 1 heterocycles. The first-order valence-electron chi connectivity index (χ1n) is 5.55. The van der Waals surface area contributed by atoms with Gasteiger partial charge in [0.15, 0.2) is 0 Å². The maximum Gasteiger partial charge on any atom is 0.225 e. The number of aliphatic hydroxyl groups is 1. The van der Waals surface area contributed by atoms with Crippen molar-refractivity contribution in [3.63, 3.8) is 0 Å². The first kappa shape index (κ1) is 11.8. The van der Waals surface area contributed by atoms with Crippen molar-refractivity contribution in [1.29, 1.82) is 0 Å². The van der Waals surface area contributed by atoms with Crippen molar-refractivity contribution in [3.8, 4) is 0 Å². The van der Waals surface area contributed by atoms with Crippen LogP contribution in [0.5, 0.6) is 0 Å². The van der Waals surface area contributed by atoms with Crippen LogP contribution in [-0.2, 0) is 0 Å². The summed E-state index contributed by atoms with van der Waals surface area (Å²) in [7, 11) is 2.02. The fourth-order valence-electron chi connectivity index (χ4n) is 2.10. The molecule has 1 aromatic heterocycles. The van der Waals surface area contributed by atoms with Gasteiger partial charge in [-0.3, -0.25) is 0 Å². The van der Waals surface area contributed by atoms with Gasteiger partial charge in [0, 0.05) is 25.5 Å². The zero-order valence-corrected chi connectivity index (χ0v) is 10.9. The molecule has 0 bridgehead atoms. The summed E-state index contributed by atoms with van der Waals surface area (Å²) in [5.41, 5.74) is 0. The Kier molecular flexibility index (Phi) is 3.76.